The number of ether oxygens (including phenoxy) is 3. The van der Waals surface area contributed by atoms with E-state index in [2.05, 4.69) is 0 Å². The van der Waals surface area contributed by atoms with Crippen LogP contribution < -0.4 is 19.6 Å². The smallest absolute Gasteiger partial charge is 0.208 e. The molecule has 0 unspecified atom stereocenters. The maximum absolute atomic E-state index is 12.8. The zero-order valence-electron chi connectivity index (χ0n) is 12.7. The lowest BCUT2D eigenvalue weighted by molar-refractivity contribution is 0.364. The second-order valence-corrected chi connectivity index (χ2v) is 4.75. The molecule has 0 aliphatic rings. The monoisotopic (exact) mass is 318 g/mol. The molecule has 0 aliphatic heterocycles. The average Bonchev–Trinajstić information content (AvgIpc) is 2.56. The van der Waals surface area contributed by atoms with E-state index in [1.165, 1.54) is 39.5 Å². The number of aromatic hydroxyl groups is 2. The lowest BCUT2D eigenvalue weighted by atomic mass is 10.1. The molecule has 0 amide bonds. The largest absolute Gasteiger partial charge is 0.504 e. The topological polar surface area (TPSA) is 98.4 Å². The molecule has 0 saturated heterocycles. The Morgan fingerprint density at radius 1 is 0.870 bits per heavy atom. The van der Waals surface area contributed by atoms with Crippen molar-refractivity contribution in [2.24, 2.45) is 0 Å². The first-order valence-corrected chi connectivity index (χ1v) is 6.63. The van der Waals surface area contributed by atoms with Crippen molar-refractivity contribution in [1.82, 2.24) is 0 Å². The van der Waals surface area contributed by atoms with Gasteiger partial charge in [0.25, 0.3) is 0 Å². The maximum Gasteiger partial charge on any atom is 0.208 e. The predicted octanol–water partition coefficient (Wildman–Crippen LogP) is 2.38. The van der Waals surface area contributed by atoms with Crippen LogP contribution in [0.25, 0.3) is 21.9 Å². The van der Waals surface area contributed by atoms with Crippen molar-refractivity contribution in [1.29, 1.82) is 0 Å². The zero-order chi connectivity index (χ0) is 16.7. The van der Waals surface area contributed by atoms with Gasteiger partial charge in [-0.05, 0) is 12.1 Å². The molecule has 23 heavy (non-hydrogen) atoms. The Bertz CT molecular complexity index is 972. The molecule has 7 heteroatoms. The minimum Gasteiger partial charge on any atom is -0.504 e. The van der Waals surface area contributed by atoms with Gasteiger partial charge in [-0.3, -0.25) is 4.79 Å². The van der Waals surface area contributed by atoms with Gasteiger partial charge in [-0.15, -0.1) is 0 Å². The van der Waals surface area contributed by atoms with Crippen LogP contribution in [0.3, 0.4) is 0 Å². The number of fused-ring (bicyclic) bond motifs is 2. The van der Waals surface area contributed by atoms with E-state index in [1.807, 2.05) is 0 Å². The zero-order valence-corrected chi connectivity index (χ0v) is 12.7. The van der Waals surface area contributed by atoms with Crippen LogP contribution in [0, 0.1) is 0 Å². The molecule has 0 saturated carbocycles. The van der Waals surface area contributed by atoms with E-state index in [0.717, 1.165) is 0 Å². The highest BCUT2D eigenvalue weighted by Gasteiger charge is 2.22. The van der Waals surface area contributed by atoms with E-state index in [0.29, 0.717) is 0 Å². The van der Waals surface area contributed by atoms with Crippen molar-refractivity contribution >= 4 is 21.9 Å². The Balaban J connectivity index is 2.58. The van der Waals surface area contributed by atoms with Gasteiger partial charge in [0.05, 0.1) is 21.3 Å². The second-order valence-electron chi connectivity index (χ2n) is 4.75. The number of hydrogen-bond donors (Lipinski definition) is 2. The van der Waals surface area contributed by atoms with Crippen LogP contribution in [0.2, 0.25) is 0 Å². The minimum atomic E-state index is -0.549. The first kappa shape index (κ1) is 14.8. The van der Waals surface area contributed by atoms with Gasteiger partial charge in [0, 0.05) is 6.07 Å². The summed E-state index contributed by atoms with van der Waals surface area (Å²) in [5, 5.41) is 20.4. The van der Waals surface area contributed by atoms with Crippen LogP contribution in [0.5, 0.6) is 28.7 Å². The van der Waals surface area contributed by atoms with Gasteiger partial charge in [0.1, 0.15) is 22.1 Å². The first-order valence-electron chi connectivity index (χ1n) is 6.63. The Kier molecular flexibility index (Phi) is 3.40. The van der Waals surface area contributed by atoms with Crippen LogP contribution in [-0.4, -0.2) is 31.5 Å². The number of phenolic OH excluding ortho intramolecular Hbond substituents is 2. The molecule has 3 aromatic rings. The van der Waals surface area contributed by atoms with E-state index < -0.39 is 5.43 Å². The van der Waals surface area contributed by atoms with Crippen LogP contribution in [-0.2, 0) is 0 Å². The summed E-state index contributed by atoms with van der Waals surface area (Å²) in [5.41, 5.74) is -0.526. The molecule has 0 bridgehead atoms. The fourth-order valence-electron chi connectivity index (χ4n) is 2.49. The van der Waals surface area contributed by atoms with E-state index in [1.54, 1.807) is 0 Å². The molecule has 0 fully saturated rings. The first-order chi connectivity index (χ1) is 11.0. The van der Waals surface area contributed by atoms with Crippen molar-refractivity contribution in [2.75, 3.05) is 21.3 Å². The number of methoxy groups -OCH3 is 3. The van der Waals surface area contributed by atoms with Gasteiger partial charge < -0.3 is 28.8 Å². The standard InChI is InChI=1S/C16H14O7/c1-20-8-5-4-7-11(13(8)17)15(19)12-9(21-2)6-10(22-3)14(18)16(12)23-7/h4-6,17-18H,1-3H3. The molecule has 0 aliphatic carbocycles. The normalized spacial score (nSPS) is 10.9. The van der Waals surface area contributed by atoms with Crippen LogP contribution in [0.1, 0.15) is 0 Å². The summed E-state index contributed by atoms with van der Waals surface area (Å²) in [6, 6.07) is 4.30. The van der Waals surface area contributed by atoms with E-state index in [9.17, 15) is 15.0 Å². The summed E-state index contributed by atoms with van der Waals surface area (Å²) in [7, 11) is 4.12. The van der Waals surface area contributed by atoms with Crippen molar-refractivity contribution < 1.29 is 28.8 Å². The van der Waals surface area contributed by atoms with Gasteiger partial charge in [0.2, 0.25) is 11.2 Å². The summed E-state index contributed by atoms with van der Waals surface area (Å²) in [6.07, 6.45) is 0. The van der Waals surface area contributed by atoms with E-state index in [-0.39, 0.29) is 50.7 Å². The number of phenols is 2. The van der Waals surface area contributed by atoms with Gasteiger partial charge in [-0.25, -0.2) is 0 Å². The van der Waals surface area contributed by atoms with Crippen molar-refractivity contribution in [3.63, 3.8) is 0 Å². The molecule has 1 heterocycles. The Morgan fingerprint density at radius 2 is 1.52 bits per heavy atom. The third-order valence-electron chi connectivity index (χ3n) is 3.61. The van der Waals surface area contributed by atoms with Crippen molar-refractivity contribution in [3.8, 4) is 28.7 Å². The highest BCUT2D eigenvalue weighted by molar-refractivity contribution is 6.00. The second kappa shape index (κ2) is 5.28. The fraction of sp³-hybridized carbons (Fsp3) is 0.188. The van der Waals surface area contributed by atoms with Crippen LogP contribution in [0.4, 0.5) is 0 Å². The van der Waals surface area contributed by atoms with Crippen LogP contribution >= 0.6 is 0 Å². The summed E-state index contributed by atoms with van der Waals surface area (Å²) in [5.74, 6) is -0.251. The molecule has 0 spiro atoms. The molecule has 2 N–H and O–H groups in total. The summed E-state index contributed by atoms with van der Waals surface area (Å²) in [4.78, 5) is 12.8. The summed E-state index contributed by atoms with van der Waals surface area (Å²) < 4.78 is 20.8. The van der Waals surface area contributed by atoms with Gasteiger partial charge >= 0.3 is 0 Å². The minimum absolute atomic E-state index is 0.00172. The van der Waals surface area contributed by atoms with Crippen LogP contribution in [0.15, 0.2) is 27.4 Å². The SMILES string of the molecule is COc1cc(OC)c2c(=O)c3c(O)c(OC)ccc3oc2c1O. The Labute approximate surface area is 130 Å². The van der Waals surface area contributed by atoms with Gasteiger partial charge in [-0.2, -0.15) is 0 Å². The Hall–Kier alpha value is -3.09. The van der Waals surface area contributed by atoms with Gasteiger partial charge in [0.15, 0.2) is 22.8 Å². The number of benzene rings is 2. The van der Waals surface area contributed by atoms with E-state index >= 15 is 0 Å². The molecule has 0 radical (unpaired) electrons. The molecule has 3 rings (SSSR count). The number of rotatable bonds is 3. The van der Waals surface area contributed by atoms with Gasteiger partial charge in [-0.1, -0.05) is 0 Å². The molecule has 2 aromatic carbocycles. The Morgan fingerprint density at radius 3 is 2.13 bits per heavy atom. The fourth-order valence-corrected chi connectivity index (χ4v) is 2.49. The third kappa shape index (κ3) is 2.01. The molecular formula is C16H14O7. The molecule has 7 nitrogen and oxygen atoms in total. The lowest BCUT2D eigenvalue weighted by Crippen LogP contribution is -2.05. The maximum atomic E-state index is 12.8. The predicted molar refractivity (Wildman–Crippen MR) is 83.0 cm³/mol. The highest BCUT2D eigenvalue weighted by atomic mass is 16.5. The molecule has 1 aromatic heterocycles. The third-order valence-corrected chi connectivity index (χ3v) is 3.61. The molecule has 0 atom stereocenters. The quantitative estimate of drug-likeness (QED) is 0.715. The van der Waals surface area contributed by atoms with E-state index in [4.69, 9.17) is 18.6 Å². The molecular weight excluding hydrogens is 304 g/mol. The molecule has 120 valence electrons. The lowest BCUT2D eigenvalue weighted by Gasteiger charge is -2.12. The highest BCUT2D eigenvalue weighted by Crippen LogP contribution is 2.42. The summed E-state index contributed by atoms with van der Waals surface area (Å²) >= 11 is 0. The summed E-state index contributed by atoms with van der Waals surface area (Å²) in [6.45, 7) is 0. The van der Waals surface area contributed by atoms with Crippen molar-refractivity contribution in [3.05, 3.63) is 28.4 Å². The average molecular weight is 318 g/mol. The van der Waals surface area contributed by atoms with Crippen molar-refractivity contribution in [2.45, 2.75) is 0 Å². The number of hydrogen-bond acceptors (Lipinski definition) is 7.